The summed E-state index contributed by atoms with van der Waals surface area (Å²) in [4.78, 5) is 28.0. The molecule has 4 heterocycles. The van der Waals surface area contributed by atoms with Crippen LogP contribution in [0.5, 0.6) is 0 Å². The number of aliphatic carboxylic acids is 1. The van der Waals surface area contributed by atoms with Crippen molar-refractivity contribution in [2.24, 2.45) is 20.7 Å². The van der Waals surface area contributed by atoms with Crippen LogP contribution in [0, 0.1) is 0 Å². The number of hydrogen-bond acceptors (Lipinski definition) is 11. The molecule has 13 heteroatoms. The van der Waals surface area contributed by atoms with Crippen molar-refractivity contribution in [3.63, 3.8) is 0 Å². The van der Waals surface area contributed by atoms with Gasteiger partial charge in [0, 0.05) is 18.8 Å². The topological polar surface area (TPSA) is 157 Å². The third-order valence-corrected chi connectivity index (χ3v) is 7.16. The van der Waals surface area contributed by atoms with Gasteiger partial charge in [-0.1, -0.05) is 0 Å². The Bertz CT molecular complexity index is 779. The molecule has 5 N–H and O–H groups in total. The number of carbonyl (C=O) groups is 1. The number of aliphatic hydroxyl groups is 2. The summed E-state index contributed by atoms with van der Waals surface area (Å²) in [5.41, 5.74) is 5.50. The Hall–Kier alpha value is -1.44. The van der Waals surface area contributed by atoms with Crippen LogP contribution < -0.4 is 5.73 Å². The zero-order chi connectivity index (χ0) is 22.1. The molecule has 4 aliphatic heterocycles. The Balaban J connectivity index is 1.37. The van der Waals surface area contributed by atoms with Crippen LogP contribution in [0.25, 0.3) is 0 Å². The molecule has 0 bridgehead atoms. The molecule has 172 valence electrons. The summed E-state index contributed by atoms with van der Waals surface area (Å²) in [6.45, 7) is 1.79. The second kappa shape index (κ2) is 9.59. The third kappa shape index (κ3) is 4.69. The van der Waals surface area contributed by atoms with Crippen LogP contribution in [-0.2, 0) is 9.53 Å². The van der Waals surface area contributed by atoms with E-state index >= 15 is 0 Å². The first kappa shape index (κ1) is 22.7. The van der Waals surface area contributed by atoms with Gasteiger partial charge in [0.15, 0.2) is 12.4 Å². The number of aliphatic imine (C=N–C) groups is 3. The van der Waals surface area contributed by atoms with Crippen molar-refractivity contribution < 1.29 is 24.9 Å². The van der Waals surface area contributed by atoms with Gasteiger partial charge in [-0.2, -0.15) is 11.8 Å². The molecule has 11 nitrogen and oxygen atoms in total. The quantitative estimate of drug-likeness (QED) is 0.271. The lowest BCUT2D eigenvalue weighted by Gasteiger charge is -2.34. The average molecular weight is 475 g/mol. The number of halogens is 1. The Morgan fingerprint density at radius 1 is 1.35 bits per heavy atom. The standard InChI is InChI=1S/C18H27ClN6O5S/c19-18-22-14(24-4-1-2-5-24)11-15(23-18)25(8-21-11)16-13(27)12(26)10(30-16)7-31-6-3-9(20)17(28)29/h8-13,15-16,26-27H,1-7,20H2,(H,28,29)/t9?,10-,11?,12-,13-,15?,16-/m1/s1. The van der Waals surface area contributed by atoms with Crippen LogP contribution in [0.3, 0.4) is 0 Å². The van der Waals surface area contributed by atoms with E-state index in [4.69, 9.17) is 27.2 Å². The zero-order valence-corrected chi connectivity index (χ0v) is 18.4. The number of thioether (sulfide) groups is 1. The number of aliphatic hydroxyl groups excluding tert-OH is 2. The molecule has 0 aromatic carbocycles. The van der Waals surface area contributed by atoms with E-state index in [1.807, 2.05) is 0 Å². The molecule has 0 spiro atoms. The fourth-order valence-corrected chi connectivity index (χ4v) is 5.44. The third-order valence-electron chi connectivity index (χ3n) is 5.89. The number of ether oxygens (including phenoxy) is 1. The largest absolute Gasteiger partial charge is 0.480 e. The van der Waals surface area contributed by atoms with Crippen molar-refractivity contribution in [2.45, 2.75) is 62.1 Å². The van der Waals surface area contributed by atoms with E-state index in [9.17, 15) is 15.0 Å². The van der Waals surface area contributed by atoms with Gasteiger partial charge in [-0.15, -0.1) is 0 Å². The molecular formula is C18H27ClN6O5S. The molecule has 4 aliphatic rings. The van der Waals surface area contributed by atoms with Gasteiger partial charge < -0.3 is 35.6 Å². The lowest BCUT2D eigenvalue weighted by Crippen LogP contribution is -2.53. The molecule has 0 radical (unpaired) electrons. The molecule has 4 rings (SSSR count). The van der Waals surface area contributed by atoms with Crippen molar-refractivity contribution in [3.05, 3.63) is 0 Å². The maximum atomic E-state index is 10.8. The summed E-state index contributed by atoms with van der Waals surface area (Å²) in [5.74, 6) is 0.632. The summed E-state index contributed by atoms with van der Waals surface area (Å²) in [5, 5.41) is 30.1. The van der Waals surface area contributed by atoms with Crippen molar-refractivity contribution in [3.8, 4) is 0 Å². The van der Waals surface area contributed by atoms with E-state index in [0.29, 0.717) is 17.9 Å². The lowest BCUT2D eigenvalue weighted by atomic mass is 10.1. The summed E-state index contributed by atoms with van der Waals surface area (Å²) in [6, 6.07) is -1.25. The van der Waals surface area contributed by atoms with Gasteiger partial charge in [0.1, 0.15) is 30.1 Å². The minimum absolute atomic E-state index is 0.133. The fraction of sp³-hybridized carbons (Fsp3) is 0.778. The number of nitrogens with zero attached hydrogens (tertiary/aromatic N) is 5. The normalized spacial score (nSPS) is 35.9. The second-order valence-corrected chi connectivity index (χ2v) is 9.47. The highest BCUT2D eigenvalue weighted by Gasteiger charge is 2.50. The number of hydrogen-bond donors (Lipinski definition) is 4. The number of carboxylic acid groups (broad SMARTS) is 1. The van der Waals surface area contributed by atoms with E-state index in [1.165, 1.54) is 11.8 Å². The highest BCUT2D eigenvalue weighted by atomic mass is 35.5. The van der Waals surface area contributed by atoms with Crippen molar-refractivity contribution >= 4 is 46.8 Å². The minimum atomic E-state index is -1.15. The maximum absolute atomic E-state index is 10.8. The predicted molar refractivity (Wildman–Crippen MR) is 118 cm³/mol. The number of rotatable bonds is 7. The molecule has 31 heavy (non-hydrogen) atoms. The van der Waals surface area contributed by atoms with Gasteiger partial charge in [-0.3, -0.25) is 9.79 Å². The number of carboxylic acids is 1. The Labute approximate surface area is 189 Å². The number of nitrogens with two attached hydrogens (primary N) is 1. The Kier molecular flexibility index (Phi) is 7.04. The van der Waals surface area contributed by atoms with Gasteiger partial charge in [-0.25, -0.2) is 9.98 Å². The SMILES string of the molecule is NC(CCSC[C@H]1O[C@@H](N2C=NC3C(N4CCCC4)=NC(Cl)=NC32)[C@H](O)[C@@H]1O)C(=O)O. The molecular weight excluding hydrogens is 448 g/mol. The van der Waals surface area contributed by atoms with Gasteiger partial charge in [0.2, 0.25) is 5.29 Å². The first-order valence-corrected chi connectivity index (χ1v) is 11.9. The fourth-order valence-electron chi connectivity index (χ4n) is 4.16. The number of fused-ring (bicyclic) bond motifs is 1. The summed E-state index contributed by atoms with van der Waals surface area (Å²) < 4.78 is 5.97. The molecule has 0 saturated carbocycles. The molecule has 0 amide bonds. The second-order valence-electron chi connectivity index (χ2n) is 7.99. The van der Waals surface area contributed by atoms with Crippen LogP contribution in [-0.4, -0.2) is 116 Å². The van der Waals surface area contributed by atoms with Gasteiger partial charge >= 0.3 is 5.97 Å². The highest BCUT2D eigenvalue weighted by molar-refractivity contribution is 7.99. The molecule has 0 aliphatic carbocycles. The summed E-state index contributed by atoms with van der Waals surface area (Å²) >= 11 is 7.62. The van der Waals surface area contributed by atoms with Crippen LogP contribution in [0.2, 0.25) is 0 Å². The molecule has 2 fully saturated rings. The maximum Gasteiger partial charge on any atom is 0.320 e. The summed E-state index contributed by atoms with van der Waals surface area (Å²) in [7, 11) is 0. The van der Waals surface area contributed by atoms with Crippen LogP contribution in [0.4, 0.5) is 0 Å². The summed E-state index contributed by atoms with van der Waals surface area (Å²) in [6.07, 6.45) is -0.108. The Morgan fingerprint density at radius 3 is 2.81 bits per heavy atom. The lowest BCUT2D eigenvalue weighted by molar-refractivity contribution is -0.138. The van der Waals surface area contributed by atoms with E-state index in [0.717, 1.165) is 31.8 Å². The molecule has 0 aromatic heterocycles. The molecule has 0 aromatic rings. The molecule has 2 saturated heterocycles. The van der Waals surface area contributed by atoms with E-state index in [-0.39, 0.29) is 11.3 Å². The smallest absolute Gasteiger partial charge is 0.320 e. The van der Waals surface area contributed by atoms with Crippen molar-refractivity contribution in [1.29, 1.82) is 0 Å². The first-order valence-electron chi connectivity index (χ1n) is 10.3. The van der Waals surface area contributed by atoms with E-state index in [2.05, 4.69) is 19.9 Å². The monoisotopic (exact) mass is 474 g/mol. The van der Waals surface area contributed by atoms with Gasteiger partial charge in [0.25, 0.3) is 0 Å². The zero-order valence-electron chi connectivity index (χ0n) is 16.8. The number of amidine groups is 2. The molecule has 3 unspecified atom stereocenters. The first-order chi connectivity index (χ1) is 14.9. The molecule has 7 atom stereocenters. The van der Waals surface area contributed by atoms with Crippen LogP contribution >= 0.6 is 23.4 Å². The van der Waals surface area contributed by atoms with E-state index < -0.39 is 42.7 Å². The average Bonchev–Trinajstić information content (AvgIpc) is 3.46. The predicted octanol–water partition coefficient (Wildman–Crippen LogP) is -0.890. The van der Waals surface area contributed by atoms with Crippen molar-refractivity contribution in [1.82, 2.24) is 9.80 Å². The van der Waals surface area contributed by atoms with E-state index in [1.54, 1.807) is 11.2 Å². The van der Waals surface area contributed by atoms with Crippen LogP contribution in [0.1, 0.15) is 19.3 Å². The number of likely N-dealkylation sites (tertiary alicyclic amines) is 1. The highest BCUT2D eigenvalue weighted by Crippen LogP contribution is 2.33. The Morgan fingerprint density at radius 2 is 2.10 bits per heavy atom. The minimum Gasteiger partial charge on any atom is -0.480 e. The van der Waals surface area contributed by atoms with Gasteiger partial charge in [-0.05, 0) is 36.6 Å². The van der Waals surface area contributed by atoms with Crippen molar-refractivity contribution in [2.75, 3.05) is 24.6 Å². The van der Waals surface area contributed by atoms with Gasteiger partial charge in [0.05, 0.1) is 12.4 Å². The van der Waals surface area contributed by atoms with Crippen LogP contribution in [0.15, 0.2) is 15.0 Å².